The van der Waals surface area contributed by atoms with E-state index in [1.165, 1.54) is 12.1 Å². The van der Waals surface area contributed by atoms with Crippen LogP contribution >= 0.6 is 11.3 Å². The first-order chi connectivity index (χ1) is 13.8. The van der Waals surface area contributed by atoms with Crippen molar-refractivity contribution in [2.45, 2.75) is 31.6 Å². The Kier molecular flexibility index (Phi) is 5.42. The normalized spacial score (nSPS) is 18.1. The molecular weight excluding hydrogens is 406 g/mol. The average molecular weight is 430 g/mol. The van der Waals surface area contributed by atoms with Crippen LogP contribution in [0.25, 0.3) is 10.2 Å². The number of aromatic nitrogens is 1. The van der Waals surface area contributed by atoms with Gasteiger partial charge in [0.2, 0.25) is 10.0 Å². The first-order valence-electron chi connectivity index (χ1n) is 9.62. The van der Waals surface area contributed by atoms with Crippen molar-refractivity contribution < 1.29 is 13.2 Å². The van der Waals surface area contributed by atoms with Gasteiger partial charge in [0.05, 0.1) is 20.1 Å². The number of rotatable bonds is 4. The Morgan fingerprint density at radius 2 is 1.97 bits per heavy atom. The highest BCUT2D eigenvalue weighted by molar-refractivity contribution is 7.89. The Morgan fingerprint density at radius 3 is 2.69 bits per heavy atom. The van der Waals surface area contributed by atoms with E-state index in [-0.39, 0.29) is 10.8 Å². The summed E-state index contributed by atoms with van der Waals surface area (Å²) >= 11 is 1.61. The molecule has 1 aliphatic rings. The van der Waals surface area contributed by atoms with Gasteiger partial charge in [0, 0.05) is 24.3 Å². The second kappa shape index (κ2) is 7.85. The zero-order valence-corrected chi connectivity index (χ0v) is 18.0. The van der Waals surface area contributed by atoms with Crippen LogP contribution < -0.4 is 5.32 Å². The lowest BCUT2D eigenvalue weighted by Gasteiger charge is -2.30. The van der Waals surface area contributed by atoms with Crippen LogP contribution in [-0.2, 0) is 10.0 Å². The van der Waals surface area contributed by atoms with Crippen molar-refractivity contribution >= 4 is 43.2 Å². The van der Waals surface area contributed by atoms with Gasteiger partial charge >= 0.3 is 0 Å². The van der Waals surface area contributed by atoms with Crippen LogP contribution in [-0.4, -0.2) is 36.7 Å². The molecule has 8 heteroatoms. The number of amides is 1. The number of nitrogens with one attached hydrogen (secondary N) is 1. The summed E-state index contributed by atoms with van der Waals surface area (Å²) in [6.07, 6.45) is 1.93. The first kappa shape index (κ1) is 20.0. The first-order valence-corrected chi connectivity index (χ1v) is 11.9. The molecule has 2 aromatic carbocycles. The predicted octanol–water partition coefficient (Wildman–Crippen LogP) is 4.28. The van der Waals surface area contributed by atoms with Gasteiger partial charge in [-0.25, -0.2) is 13.4 Å². The molecule has 3 aromatic rings. The molecule has 6 nitrogen and oxygen atoms in total. The standard InChI is InChI=1S/C21H23N3O3S2/c1-14-4-3-11-24(13-14)29(26,27)18-8-5-16(6-9-18)21(25)23-17-7-10-20-19(12-17)22-15(2)28-20/h5-10,12,14H,3-4,11,13H2,1-2H3,(H,23,25)/t14-/m0/s1. The van der Waals surface area contributed by atoms with E-state index in [0.717, 1.165) is 28.1 Å². The summed E-state index contributed by atoms with van der Waals surface area (Å²) in [5, 5.41) is 3.83. The number of hydrogen-bond acceptors (Lipinski definition) is 5. The number of benzene rings is 2. The van der Waals surface area contributed by atoms with Crippen molar-refractivity contribution in [2.75, 3.05) is 18.4 Å². The topological polar surface area (TPSA) is 79.4 Å². The Labute approximate surface area is 174 Å². The molecule has 152 valence electrons. The highest BCUT2D eigenvalue weighted by Crippen LogP contribution is 2.26. The Bertz CT molecular complexity index is 1150. The molecule has 1 aliphatic heterocycles. The molecule has 0 spiro atoms. The van der Waals surface area contributed by atoms with Crippen molar-refractivity contribution in [2.24, 2.45) is 5.92 Å². The molecule has 4 rings (SSSR count). The summed E-state index contributed by atoms with van der Waals surface area (Å²) in [5.41, 5.74) is 1.92. The predicted molar refractivity (Wildman–Crippen MR) is 116 cm³/mol. The number of sulfonamides is 1. The third kappa shape index (κ3) is 4.19. The van der Waals surface area contributed by atoms with E-state index >= 15 is 0 Å². The molecule has 0 unspecified atom stereocenters. The van der Waals surface area contributed by atoms with Gasteiger partial charge in [0.25, 0.3) is 5.91 Å². The lowest BCUT2D eigenvalue weighted by molar-refractivity contribution is 0.102. The number of thiazole rings is 1. The van der Waals surface area contributed by atoms with E-state index in [9.17, 15) is 13.2 Å². The van der Waals surface area contributed by atoms with E-state index in [1.54, 1.807) is 27.8 Å². The third-order valence-corrected chi connectivity index (χ3v) is 7.96. The molecular formula is C21H23N3O3S2. The molecule has 1 N–H and O–H groups in total. The van der Waals surface area contributed by atoms with E-state index in [2.05, 4.69) is 17.2 Å². The molecule has 0 bridgehead atoms. The molecule has 0 saturated carbocycles. The van der Waals surface area contributed by atoms with Crippen molar-refractivity contribution in [3.63, 3.8) is 0 Å². The number of anilines is 1. The second-order valence-electron chi connectivity index (χ2n) is 7.50. The monoisotopic (exact) mass is 429 g/mol. The van der Waals surface area contributed by atoms with Crippen LogP contribution in [0.1, 0.15) is 35.1 Å². The maximum Gasteiger partial charge on any atom is 0.255 e. The van der Waals surface area contributed by atoms with E-state index < -0.39 is 10.0 Å². The van der Waals surface area contributed by atoms with Crippen molar-refractivity contribution in [3.8, 4) is 0 Å². The highest BCUT2D eigenvalue weighted by atomic mass is 32.2. The van der Waals surface area contributed by atoms with Crippen molar-refractivity contribution in [1.29, 1.82) is 0 Å². The van der Waals surface area contributed by atoms with Gasteiger partial charge in [0.1, 0.15) is 0 Å². The Hall–Kier alpha value is -2.29. The van der Waals surface area contributed by atoms with E-state index in [0.29, 0.717) is 30.3 Å². The highest BCUT2D eigenvalue weighted by Gasteiger charge is 2.28. The maximum atomic E-state index is 12.9. The molecule has 1 atom stereocenters. The zero-order chi connectivity index (χ0) is 20.6. The van der Waals surface area contributed by atoms with Crippen LogP contribution in [0.15, 0.2) is 47.4 Å². The van der Waals surface area contributed by atoms with Crippen LogP contribution in [0.4, 0.5) is 5.69 Å². The Balaban J connectivity index is 1.49. The minimum absolute atomic E-state index is 0.225. The fourth-order valence-electron chi connectivity index (χ4n) is 3.62. The average Bonchev–Trinajstić information content (AvgIpc) is 3.07. The lowest BCUT2D eigenvalue weighted by atomic mass is 10.0. The van der Waals surface area contributed by atoms with Crippen LogP contribution in [0.5, 0.6) is 0 Å². The maximum absolute atomic E-state index is 12.9. The number of hydrogen-bond donors (Lipinski definition) is 1. The second-order valence-corrected chi connectivity index (χ2v) is 10.7. The fraction of sp³-hybridized carbons (Fsp3) is 0.333. The summed E-state index contributed by atoms with van der Waals surface area (Å²) in [6, 6.07) is 11.8. The zero-order valence-electron chi connectivity index (χ0n) is 16.4. The van der Waals surface area contributed by atoms with Gasteiger partial charge in [-0.15, -0.1) is 11.3 Å². The molecule has 1 aromatic heterocycles. The van der Waals surface area contributed by atoms with Gasteiger partial charge < -0.3 is 5.32 Å². The Morgan fingerprint density at radius 1 is 1.21 bits per heavy atom. The largest absolute Gasteiger partial charge is 0.322 e. The van der Waals surface area contributed by atoms with Crippen LogP contribution in [0.3, 0.4) is 0 Å². The number of piperidine rings is 1. The van der Waals surface area contributed by atoms with Crippen LogP contribution in [0.2, 0.25) is 0 Å². The number of carbonyl (C=O) groups excluding carboxylic acids is 1. The molecule has 29 heavy (non-hydrogen) atoms. The summed E-state index contributed by atoms with van der Waals surface area (Å²) in [5.74, 6) is 0.0780. The molecule has 0 aliphatic carbocycles. The molecule has 0 radical (unpaired) electrons. The summed E-state index contributed by atoms with van der Waals surface area (Å²) in [4.78, 5) is 17.2. The van der Waals surface area contributed by atoms with Crippen molar-refractivity contribution in [3.05, 3.63) is 53.0 Å². The molecule has 1 fully saturated rings. The fourth-order valence-corrected chi connectivity index (χ4v) is 6.02. The van der Waals surface area contributed by atoms with E-state index in [1.807, 2.05) is 25.1 Å². The summed E-state index contributed by atoms with van der Waals surface area (Å²) in [7, 11) is -3.52. The number of carbonyl (C=O) groups is 1. The lowest BCUT2D eigenvalue weighted by Crippen LogP contribution is -2.39. The SMILES string of the molecule is Cc1nc2cc(NC(=O)c3ccc(S(=O)(=O)N4CCC[C@H](C)C4)cc3)ccc2s1. The van der Waals surface area contributed by atoms with Crippen LogP contribution in [0, 0.1) is 12.8 Å². The van der Waals surface area contributed by atoms with Gasteiger partial charge in [-0.05, 0) is 68.1 Å². The van der Waals surface area contributed by atoms with Gasteiger partial charge in [-0.2, -0.15) is 4.31 Å². The number of aryl methyl sites for hydroxylation is 1. The minimum atomic E-state index is -3.52. The number of nitrogens with zero attached hydrogens (tertiary/aromatic N) is 2. The van der Waals surface area contributed by atoms with Gasteiger partial charge in [-0.3, -0.25) is 4.79 Å². The van der Waals surface area contributed by atoms with Gasteiger partial charge in [0.15, 0.2) is 0 Å². The molecule has 1 saturated heterocycles. The minimum Gasteiger partial charge on any atom is -0.322 e. The van der Waals surface area contributed by atoms with E-state index in [4.69, 9.17) is 0 Å². The summed E-state index contributed by atoms with van der Waals surface area (Å²) < 4.78 is 28.3. The molecule has 1 amide bonds. The summed E-state index contributed by atoms with van der Waals surface area (Å²) in [6.45, 7) is 5.11. The number of fused-ring (bicyclic) bond motifs is 1. The van der Waals surface area contributed by atoms with Gasteiger partial charge in [-0.1, -0.05) is 6.92 Å². The van der Waals surface area contributed by atoms with Crippen molar-refractivity contribution in [1.82, 2.24) is 9.29 Å². The smallest absolute Gasteiger partial charge is 0.255 e. The third-order valence-electron chi connectivity index (χ3n) is 5.13. The quantitative estimate of drug-likeness (QED) is 0.671. The molecule has 2 heterocycles.